The van der Waals surface area contributed by atoms with Crippen molar-refractivity contribution < 1.29 is 19.0 Å². The molecule has 1 saturated heterocycles. The second-order valence-corrected chi connectivity index (χ2v) is 7.29. The van der Waals surface area contributed by atoms with E-state index in [1.165, 1.54) is 27.7 Å². The predicted octanol–water partition coefficient (Wildman–Crippen LogP) is 2.48. The first-order valence-electron chi connectivity index (χ1n) is 10.5. The number of hydrogen-bond acceptors (Lipinski definition) is 9. The third-order valence-electron chi connectivity index (χ3n) is 5.38. The van der Waals surface area contributed by atoms with Gasteiger partial charge in [0.25, 0.3) is 5.91 Å². The van der Waals surface area contributed by atoms with Crippen LogP contribution in [-0.2, 0) is 0 Å². The molecule has 33 heavy (non-hydrogen) atoms. The highest BCUT2D eigenvalue weighted by Gasteiger charge is 2.21. The molecule has 2 aromatic heterocycles. The van der Waals surface area contributed by atoms with Gasteiger partial charge in [-0.3, -0.25) is 4.79 Å². The highest BCUT2D eigenvalue weighted by atomic mass is 16.5. The summed E-state index contributed by atoms with van der Waals surface area (Å²) in [4.78, 5) is 30.2. The normalized spacial score (nSPS) is 13.4. The number of methoxy groups -OCH3 is 3. The molecular weight excluding hydrogens is 424 g/mol. The second-order valence-electron chi connectivity index (χ2n) is 7.29. The van der Waals surface area contributed by atoms with E-state index in [4.69, 9.17) is 14.2 Å². The third kappa shape index (κ3) is 4.89. The Labute approximate surface area is 192 Å². The van der Waals surface area contributed by atoms with Crippen molar-refractivity contribution in [3.8, 4) is 17.2 Å². The number of nitrogens with one attached hydrogen (secondary N) is 1. The molecule has 4 rings (SSSR count). The van der Waals surface area contributed by atoms with E-state index < -0.39 is 0 Å². The van der Waals surface area contributed by atoms with E-state index in [2.05, 4.69) is 30.1 Å². The number of benzene rings is 1. The average Bonchev–Trinajstić information content (AvgIpc) is 2.88. The van der Waals surface area contributed by atoms with E-state index >= 15 is 0 Å². The van der Waals surface area contributed by atoms with E-state index in [9.17, 15) is 4.79 Å². The van der Waals surface area contributed by atoms with Crippen LogP contribution in [0.25, 0.3) is 0 Å². The fourth-order valence-electron chi connectivity index (χ4n) is 3.70. The Morgan fingerprint density at radius 2 is 1.52 bits per heavy atom. The molecular formula is C23H26N6O4. The molecule has 0 spiro atoms. The van der Waals surface area contributed by atoms with E-state index in [1.807, 2.05) is 18.2 Å². The number of amides is 1. The molecule has 0 aliphatic carbocycles. The Kier molecular flexibility index (Phi) is 6.72. The molecule has 3 aromatic rings. The van der Waals surface area contributed by atoms with Gasteiger partial charge in [0.1, 0.15) is 23.7 Å². The predicted molar refractivity (Wildman–Crippen MR) is 125 cm³/mol. The number of aromatic nitrogens is 3. The highest BCUT2D eigenvalue weighted by Crippen LogP contribution is 2.40. The Morgan fingerprint density at radius 3 is 2.09 bits per heavy atom. The minimum absolute atomic E-state index is 0.265. The zero-order valence-corrected chi connectivity index (χ0v) is 18.8. The lowest BCUT2D eigenvalue weighted by molar-refractivity contribution is 0.102. The molecule has 1 aromatic carbocycles. The first-order valence-corrected chi connectivity index (χ1v) is 10.5. The lowest BCUT2D eigenvalue weighted by Crippen LogP contribution is -2.47. The van der Waals surface area contributed by atoms with Crippen molar-refractivity contribution >= 4 is 23.2 Å². The smallest absolute Gasteiger partial charge is 0.274 e. The second kappa shape index (κ2) is 10.0. The SMILES string of the molecule is COc1cc(NC(=O)c2cc(N3CCN(c4ccccn4)CC3)ncn2)cc(OC)c1OC. The molecule has 0 unspecified atom stereocenters. The van der Waals surface area contributed by atoms with E-state index in [1.54, 1.807) is 24.4 Å². The minimum atomic E-state index is -0.361. The fourth-order valence-corrected chi connectivity index (χ4v) is 3.70. The van der Waals surface area contributed by atoms with Gasteiger partial charge >= 0.3 is 0 Å². The molecule has 0 bridgehead atoms. The topological polar surface area (TPSA) is 102 Å². The zero-order chi connectivity index (χ0) is 23.2. The van der Waals surface area contributed by atoms with Crippen LogP contribution in [0.2, 0.25) is 0 Å². The molecule has 0 atom stereocenters. The molecule has 0 radical (unpaired) electrons. The fraction of sp³-hybridized carbons (Fsp3) is 0.304. The van der Waals surface area contributed by atoms with Crippen LogP contribution >= 0.6 is 0 Å². The van der Waals surface area contributed by atoms with Gasteiger partial charge in [0.2, 0.25) is 5.75 Å². The molecule has 3 heterocycles. The molecule has 1 fully saturated rings. The first-order chi connectivity index (χ1) is 16.1. The van der Waals surface area contributed by atoms with Gasteiger partial charge < -0.3 is 29.3 Å². The Balaban J connectivity index is 1.45. The van der Waals surface area contributed by atoms with E-state index in [-0.39, 0.29) is 11.6 Å². The number of anilines is 3. The van der Waals surface area contributed by atoms with Crippen LogP contribution in [0.1, 0.15) is 10.5 Å². The van der Waals surface area contributed by atoms with Gasteiger partial charge in [-0.2, -0.15) is 0 Å². The number of carbonyl (C=O) groups excluding carboxylic acids is 1. The summed E-state index contributed by atoms with van der Waals surface area (Å²) in [5, 5.41) is 2.84. The summed E-state index contributed by atoms with van der Waals surface area (Å²) in [5.74, 6) is 2.65. The van der Waals surface area contributed by atoms with Gasteiger partial charge in [-0.25, -0.2) is 15.0 Å². The van der Waals surface area contributed by atoms with Crippen LogP contribution in [-0.4, -0.2) is 68.4 Å². The van der Waals surface area contributed by atoms with Gasteiger partial charge in [-0.15, -0.1) is 0 Å². The maximum absolute atomic E-state index is 12.9. The van der Waals surface area contributed by atoms with Gasteiger partial charge in [0.05, 0.1) is 21.3 Å². The molecule has 10 nitrogen and oxygen atoms in total. The molecule has 172 valence electrons. The molecule has 1 N–H and O–H groups in total. The summed E-state index contributed by atoms with van der Waals surface area (Å²) in [6, 6.07) is 10.9. The van der Waals surface area contributed by atoms with Gasteiger partial charge in [0, 0.05) is 56.3 Å². The number of ether oxygens (including phenoxy) is 3. The van der Waals surface area contributed by atoms with Crippen molar-refractivity contribution in [2.45, 2.75) is 0 Å². The quantitative estimate of drug-likeness (QED) is 0.582. The summed E-state index contributed by atoms with van der Waals surface area (Å²) >= 11 is 0. The van der Waals surface area contributed by atoms with Crippen LogP contribution in [0.3, 0.4) is 0 Å². The molecule has 10 heteroatoms. The zero-order valence-electron chi connectivity index (χ0n) is 18.8. The molecule has 1 amide bonds. The average molecular weight is 450 g/mol. The number of rotatable bonds is 7. The molecule has 1 aliphatic heterocycles. The minimum Gasteiger partial charge on any atom is -0.493 e. The summed E-state index contributed by atoms with van der Waals surface area (Å²) in [7, 11) is 4.57. The number of pyridine rings is 1. The van der Waals surface area contributed by atoms with Crippen molar-refractivity contribution in [2.75, 3.05) is 62.6 Å². The number of nitrogens with zero attached hydrogens (tertiary/aromatic N) is 5. The van der Waals surface area contributed by atoms with E-state index in [0.29, 0.717) is 28.8 Å². The Bertz CT molecular complexity index is 1080. The van der Waals surface area contributed by atoms with Crippen molar-refractivity contribution in [1.29, 1.82) is 0 Å². The summed E-state index contributed by atoms with van der Waals surface area (Å²) in [5.41, 5.74) is 0.763. The van der Waals surface area contributed by atoms with Crippen molar-refractivity contribution in [2.24, 2.45) is 0 Å². The molecule has 0 saturated carbocycles. The van der Waals surface area contributed by atoms with Crippen LogP contribution < -0.4 is 29.3 Å². The third-order valence-corrected chi connectivity index (χ3v) is 5.38. The summed E-state index contributed by atoms with van der Waals surface area (Å²) in [6.07, 6.45) is 3.20. The summed E-state index contributed by atoms with van der Waals surface area (Å²) < 4.78 is 16.0. The van der Waals surface area contributed by atoms with E-state index in [0.717, 1.165) is 32.0 Å². The lowest BCUT2D eigenvalue weighted by Gasteiger charge is -2.36. The number of piperazine rings is 1. The molecule has 1 aliphatic rings. The maximum atomic E-state index is 12.9. The summed E-state index contributed by atoms with van der Waals surface area (Å²) in [6.45, 7) is 3.16. The van der Waals surface area contributed by atoms with Crippen molar-refractivity contribution in [3.05, 3.63) is 54.6 Å². The van der Waals surface area contributed by atoms with Crippen LogP contribution in [0, 0.1) is 0 Å². The van der Waals surface area contributed by atoms with Crippen molar-refractivity contribution in [1.82, 2.24) is 15.0 Å². The highest BCUT2D eigenvalue weighted by molar-refractivity contribution is 6.03. The Hall–Kier alpha value is -4.08. The van der Waals surface area contributed by atoms with Crippen molar-refractivity contribution in [3.63, 3.8) is 0 Å². The van der Waals surface area contributed by atoms with Crippen LogP contribution in [0.15, 0.2) is 48.9 Å². The standard InChI is InChI=1S/C23H26N6O4/c1-31-18-12-16(13-19(32-2)22(18)33-3)27-23(30)17-14-21(26-15-25-17)29-10-8-28(9-11-29)20-6-4-5-7-24-20/h4-7,12-15H,8-11H2,1-3H3,(H,27,30). The number of carbonyl (C=O) groups is 1. The van der Waals surface area contributed by atoms with Gasteiger partial charge in [0.15, 0.2) is 11.5 Å². The Morgan fingerprint density at radius 1 is 0.848 bits per heavy atom. The first kappa shape index (κ1) is 22.1. The van der Waals surface area contributed by atoms with Crippen LogP contribution in [0.4, 0.5) is 17.3 Å². The monoisotopic (exact) mass is 450 g/mol. The maximum Gasteiger partial charge on any atom is 0.274 e. The van der Waals surface area contributed by atoms with Gasteiger partial charge in [-0.05, 0) is 12.1 Å². The van der Waals surface area contributed by atoms with Crippen LogP contribution in [0.5, 0.6) is 17.2 Å². The van der Waals surface area contributed by atoms with Gasteiger partial charge in [-0.1, -0.05) is 6.07 Å². The largest absolute Gasteiger partial charge is 0.493 e. The lowest BCUT2D eigenvalue weighted by atomic mass is 10.2. The number of hydrogen-bond donors (Lipinski definition) is 1.